The summed E-state index contributed by atoms with van der Waals surface area (Å²) in [6.45, 7) is 0.793. The van der Waals surface area contributed by atoms with Crippen molar-refractivity contribution < 1.29 is 30.8 Å². The summed E-state index contributed by atoms with van der Waals surface area (Å²) in [7, 11) is -7.05. The molecule has 0 unspecified atom stereocenters. The molecule has 0 spiro atoms. The van der Waals surface area contributed by atoms with Crippen LogP contribution >= 0.6 is 0 Å². The zero-order chi connectivity index (χ0) is 23.6. The molecule has 1 amide bonds. The van der Waals surface area contributed by atoms with Gasteiger partial charge in [0.2, 0.25) is 10.0 Å². The van der Waals surface area contributed by atoms with E-state index in [9.17, 15) is 26.0 Å². The summed E-state index contributed by atoms with van der Waals surface area (Å²) >= 11 is 0. The number of ether oxygens (including phenoxy) is 1. The van der Waals surface area contributed by atoms with E-state index in [0.717, 1.165) is 5.56 Å². The lowest BCUT2D eigenvalue weighted by Crippen LogP contribution is -2.52. The van der Waals surface area contributed by atoms with Gasteiger partial charge in [0.25, 0.3) is 5.91 Å². The molecule has 178 valence electrons. The number of hydrogen-bond donors (Lipinski definition) is 0. The molecular weight excluding hydrogens is 471 g/mol. The molecule has 0 saturated carbocycles. The Morgan fingerprint density at radius 1 is 1.03 bits per heavy atom. The predicted octanol–water partition coefficient (Wildman–Crippen LogP) is 1.68. The van der Waals surface area contributed by atoms with E-state index in [4.69, 9.17) is 4.74 Å². The number of halogens is 1. The second-order valence-electron chi connectivity index (χ2n) is 8.17. The number of carbonyl (C=O) groups excluding carboxylic acids is 1. The van der Waals surface area contributed by atoms with Crippen LogP contribution in [0.4, 0.5) is 4.39 Å². The maximum Gasteiger partial charge on any atom is 0.257 e. The van der Waals surface area contributed by atoms with E-state index >= 15 is 0 Å². The van der Waals surface area contributed by atoms with Gasteiger partial charge >= 0.3 is 0 Å². The fourth-order valence-corrected chi connectivity index (χ4v) is 8.55. The first-order chi connectivity index (χ1) is 15.7. The van der Waals surface area contributed by atoms with E-state index in [2.05, 4.69) is 0 Å². The predicted molar refractivity (Wildman–Crippen MR) is 121 cm³/mol. The van der Waals surface area contributed by atoms with E-state index in [1.165, 1.54) is 16.4 Å². The smallest absolute Gasteiger partial charge is 0.257 e. The molecule has 2 fully saturated rings. The molecule has 2 heterocycles. The Morgan fingerprint density at radius 2 is 1.70 bits per heavy atom. The van der Waals surface area contributed by atoms with Crippen LogP contribution in [0.3, 0.4) is 0 Å². The molecule has 0 radical (unpaired) electrons. The summed E-state index contributed by atoms with van der Waals surface area (Å²) in [6.07, 6.45) is 0.114. The standard InChI is InChI=1S/C22H25FN2O6S2/c23-18-7-5-17(6-8-18)15-31-21-4-2-1-3-20(21)22(26)24-10-12-25(13-11-24)33(29,30)19-9-14-32(27,28)16-19/h1-8,19H,9-16H2/t19-/m0/s1. The molecule has 0 aromatic heterocycles. The van der Waals surface area contributed by atoms with Crippen LogP contribution in [0, 0.1) is 5.82 Å². The molecule has 2 aliphatic heterocycles. The summed E-state index contributed by atoms with van der Waals surface area (Å²) in [6, 6.07) is 12.7. The molecule has 2 aromatic carbocycles. The van der Waals surface area contributed by atoms with Crippen LogP contribution in [0.5, 0.6) is 5.75 Å². The van der Waals surface area contributed by atoms with Crippen molar-refractivity contribution in [2.75, 3.05) is 37.7 Å². The lowest BCUT2D eigenvalue weighted by Gasteiger charge is -2.35. The van der Waals surface area contributed by atoms with Gasteiger partial charge in [-0.1, -0.05) is 24.3 Å². The van der Waals surface area contributed by atoms with Gasteiger partial charge in [0.15, 0.2) is 9.84 Å². The lowest BCUT2D eigenvalue weighted by molar-refractivity contribution is 0.0692. The minimum absolute atomic E-state index is 0.107. The topological polar surface area (TPSA) is 101 Å². The minimum Gasteiger partial charge on any atom is -0.488 e. The van der Waals surface area contributed by atoms with Crippen molar-refractivity contribution in [3.63, 3.8) is 0 Å². The molecule has 11 heteroatoms. The average Bonchev–Trinajstić information content (AvgIpc) is 3.19. The maximum atomic E-state index is 13.1. The van der Waals surface area contributed by atoms with Crippen LogP contribution in [0.25, 0.3) is 0 Å². The van der Waals surface area contributed by atoms with E-state index in [0.29, 0.717) is 11.3 Å². The molecule has 2 saturated heterocycles. The number of piperazine rings is 1. The monoisotopic (exact) mass is 496 g/mol. The highest BCUT2D eigenvalue weighted by Crippen LogP contribution is 2.25. The summed E-state index contributed by atoms with van der Waals surface area (Å²) in [5.74, 6) is -0.676. The Kier molecular flexibility index (Phi) is 6.73. The van der Waals surface area contributed by atoms with Crippen LogP contribution in [0.2, 0.25) is 0 Å². The Balaban J connectivity index is 1.39. The number of benzene rings is 2. The molecule has 33 heavy (non-hydrogen) atoms. The summed E-state index contributed by atoms with van der Waals surface area (Å²) in [4.78, 5) is 14.7. The van der Waals surface area contributed by atoms with Gasteiger partial charge in [-0.15, -0.1) is 0 Å². The zero-order valence-electron chi connectivity index (χ0n) is 17.9. The molecule has 8 nitrogen and oxygen atoms in total. The van der Waals surface area contributed by atoms with Gasteiger partial charge in [-0.2, -0.15) is 4.31 Å². The molecule has 1 atom stereocenters. The number of carbonyl (C=O) groups is 1. The minimum atomic E-state index is -3.73. The largest absolute Gasteiger partial charge is 0.488 e. The van der Waals surface area contributed by atoms with Crippen molar-refractivity contribution in [1.29, 1.82) is 0 Å². The van der Waals surface area contributed by atoms with Gasteiger partial charge in [0.05, 0.1) is 22.3 Å². The molecule has 0 bridgehead atoms. The first-order valence-corrected chi connectivity index (χ1v) is 13.9. The highest BCUT2D eigenvalue weighted by Gasteiger charge is 2.41. The van der Waals surface area contributed by atoms with Gasteiger partial charge in [0, 0.05) is 26.2 Å². The highest BCUT2D eigenvalue weighted by atomic mass is 32.2. The van der Waals surface area contributed by atoms with Crippen molar-refractivity contribution in [3.8, 4) is 5.75 Å². The van der Waals surface area contributed by atoms with Crippen LogP contribution in [-0.2, 0) is 26.5 Å². The number of hydrogen-bond acceptors (Lipinski definition) is 6. The zero-order valence-corrected chi connectivity index (χ0v) is 19.5. The number of para-hydroxylation sites is 1. The van der Waals surface area contributed by atoms with Gasteiger partial charge in [-0.3, -0.25) is 4.79 Å². The molecule has 0 N–H and O–H groups in total. The number of nitrogens with zero attached hydrogens (tertiary/aromatic N) is 2. The molecule has 2 aromatic rings. The quantitative estimate of drug-likeness (QED) is 0.603. The van der Waals surface area contributed by atoms with Crippen molar-refractivity contribution in [3.05, 3.63) is 65.5 Å². The summed E-state index contributed by atoms with van der Waals surface area (Å²) in [5, 5.41) is -0.912. The normalized spacial score (nSPS) is 21.1. The maximum absolute atomic E-state index is 13.1. The fourth-order valence-electron chi connectivity index (χ4n) is 4.03. The first-order valence-electron chi connectivity index (χ1n) is 10.6. The number of sulfone groups is 1. The molecule has 0 aliphatic carbocycles. The Bertz CT molecular complexity index is 1220. The van der Waals surface area contributed by atoms with Crippen LogP contribution in [0.1, 0.15) is 22.3 Å². The Morgan fingerprint density at radius 3 is 2.33 bits per heavy atom. The van der Waals surface area contributed by atoms with Crippen LogP contribution in [-0.4, -0.2) is 74.9 Å². The average molecular weight is 497 g/mol. The van der Waals surface area contributed by atoms with Crippen LogP contribution in [0.15, 0.2) is 48.5 Å². The Hall–Kier alpha value is -2.50. The lowest BCUT2D eigenvalue weighted by atomic mass is 10.1. The third-order valence-corrected chi connectivity index (χ3v) is 10.2. The summed E-state index contributed by atoms with van der Waals surface area (Å²) in [5.41, 5.74) is 1.12. The SMILES string of the molecule is O=C(c1ccccc1OCc1ccc(F)cc1)N1CCN(S(=O)(=O)[C@H]2CCS(=O)(=O)C2)CC1. The first kappa shape index (κ1) is 23.7. The molecular formula is C22H25FN2O6S2. The van der Waals surface area contributed by atoms with E-state index in [-0.39, 0.29) is 62.4 Å². The third kappa shape index (κ3) is 5.36. The second-order valence-corrected chi connectivity index (χ2v) is 12.6. The number of rotatable bonds is 6. The third-order valence-electron chi connectivity index (χ3n) is 5.92. The molecule has 4 rings (SSSR count). The van der Waals surface area contributed by atoms with Gasteiger partial charge in [0.1, 0.15) is 18.2 Å². The van der Waals surface area contributed by atoms with E-state index < -0.39 is 25.1 Å². The van der Waals surface area contributed by atoms with Gasteiger partial charge in [-0.05, 0) is 36.2 Å². The number of amides is 1. The van der Waals surface area contributed by atoms with Crippen molar-refractivity contribution >= 4 is 25.8 Å². The van der Waals surface area contributed by atoms with E-state index in [1.54, 1.807) is 41.3 Å². The van der Waals surface area contributed by atoms with Gasteiger partial charge in [-0.25, -0.2) is 21.2 Å². The highest BCUT2D eigenvalue weighted by molar-refractivity contribution is 7.95. The fraction of sp³-hybridized carbons (Fsp3) is 0.409. The Labute approximate surface area is 192 Å². The second kappa shape index (κ2) is 9.40. The molecule has 2 aliphatic rings. The van der Waals surface area contributed by atoms with Crippen molar-refractivity contribution in [1.82, 2.24) is 9.21 Å². The van der Waals surface area contributed by atoms with Crippen molar-refractivity contribution in [2.24, 2.45) is 0 Å². The van der Waals surface area contributed by atoms with Gasteiger partial charge < -0.3 is 9.64 Å². The van der Waals surface area contributed by atoms with Crippen molar-refractivity contribution in [2.45, 2.75) is 18.3 Å². The summed E-state index contributed by atoms with van der Waals surface area (Å²) < 4.78 is 69.2. The van der Waals surface area contributed by atoms with E-state index in [1.807, 2.05) is 0 Å². The van der Waals surface area contributed by atoms with Crippen LogP contribution < -0.4 is 4.74 Å². The number of sulfonamides is 1.